The molecule has 0 saturated heterocycles. The number of nitrogens with zero attached hydrogens (tertiary/aromatic N) is 2. The van der Waals surface area contributed by atoms with Gasteiger partial charge in [-0.2, -0.15) is 9.78 Å². The van der Waals surface area contributed by atoms with Crippen LogP contribution >= 0.6 is 0 Å². The van der Waals surface area contributed by atoms with Crippen LogP contribution in [0.4, 0.5) is 0 Å². The zero-order valence-corrected chi connectivity index (χ0v) is 17.9. The van der Waals surface area contributed by atoms with Crippen molar-refractivity contribution in [2.24, 2.45) is 0 Å². The molecule has 1 aromatic heterocycles. The number of esters is 1. The van der Waals surface area contributed by atoms with E-state index in [1.54, 1.807) is 4.68 Å². The Balaban J connectivity index is 1.65. The summed E-state index contributed by atoms with van der Waals surface area (Å²) in [6, 6.07) is 27.3. The number of carbonyl (C=O) groups is 1. The van der Waals surface area contributed by atoms with Gasteiger partial charge in [0.15, 0.2) is 0 Å². The standard InChI is InChI=1S/C27H26N2O2/c1-3-4-10-21-14-16-23(17-15-21)27(30)31-26-19-25(22-11-6-5-7-12-22)28-29(26)24-13-8-9-20(2)18-24/h5-9,11-19H,3-4,10H2,1-2H3. The van der Waals surface area contributed by atoms with Gasteiger partial charge >= 0.3 is 5.97 Å². The molecule has 31 heavy (non-hydrogen) atoms. The van der Waals surface area contributed by atoms with Crippen LogP contribution in [0.3, 0.4) is 0 Å². The molecule has 4 nitrogen and oxygen atoms in total. The molecule has 0 amide bonds. The predicted octanol–water partition coefficient (Wildman–Crippen LogP) is 6.41. The maximum atomic E-state index is 12.9. The van der Waals surface area contributed by atoms with E-state index in [2.05, 4.69) is 6.92 Å². The SMILES string of the molecule is CCCCc1ccc(C(=O)Oc2cc(-c3ccccc3)nn2-c2cccc(C)c2)cc1. The number of hydrogen-bond donors (Lipinski definition) is 0. The van der Waals surface area contributed by atoms with E-state index in [0.717, 1.165) is 41.8 Å². The largest absolute Gasteiger partial charge is 0.404 e. The third kappa shape index (κ3) is 4.92. The van der Waals surface area contributed by atoms with E-state index >= 15 is 0 Å². The number of rotatable bonds is 7. The number of benzene rings is 3. The lowest BCUT2D eigenvalue weighted by Gasteiger charge is -2.09. The summed E-state index contributed by atoms with van der Waals surface area (Å²) in [4.78, 5) is 12.9. The third-order valence-electron chi connectivity index (χ3n) is 5.20. The molecule has 1 heterocycles. The van der Waals surface area contributed by atoms with Crippen LogP contribution in [-0.4, -0.2) is 15.7 Å². The predicted molar refractivity (Wildman–Crippen MR) is 124 cm³/mol. The van der Waals surface area contributed by atoms with Crippen molar-refractivity contribution in [3.8, 4) is 22.8 Å². The minimum atomic E-state index is -0.393. The van der Waals surface area contributed by atoms with E-state index < -0.39 is 5.97 Å². The highest BCUT2D eigenvalue weighted by atomic mass is 16.5. The lowest BCUT2D eigenvalue weighted by Crippen LogP contribution is -2.12. The number of carbonyl (C=O) groups excluding carboxylic acids is 1. The highest BCUT2D eigenvalue weighted by Gasteiger charge is 2.17. The average molecular weight is 411 g/mol. The zero-order valence-electron chi connectivity index (χ0n) is 17.9. The van der Waals surface area contributed by atoms with E-state index in [9.17, 15) is 4.79 Å². The normalized spacial score (nSPS) is 10.8. The smallest absolute Gasteiger partial charge is 0.344 e. The number of aromatic nitrogens is 2. The van der Waals surface area contributed by atoms with Gasteiger partial charge in [-0.25, -0.2) is 4.79 Å². The molecule has 0 spiro atoms. The molecule has 0 aliphatic carbocycles. The van der Waals surface area contributed by atoms with Crippen molar-refractivity contribution in [2.75, 3.05) is 0 Å². The molecule has 0 saturated carbocycles. The molecule has 0 fully saturated rings. The van der Waals surface area contributed by atoms with Crippen molar-refractivity contribution in [1.82, 2.24) is 9.78 Å². The van der Waals surface area contributed by atoms with Crippen molar-refractivity contribution >= 4 is 5.97 Å². The second kappa shape index (κ2) is 9.43. The Morgan fingerprint density at radius 2 is 1.71 bits per heavy atom. The maximum absolute atomic E-state index is 12.9. The molecular formula is C27H26N2O2. The van der Waals surface area contributed by atoms with Gasteiger partial charge in [-0.15, -0.1) is 0 Å². The summed E-state index contributed by atoms with van der Waals surface area (Å²) in [5.41, 5.74) is 5.42. The Morgan fingerprint density at radius 3 is 2.42 bits per heavy atom. The number of aryl methyl sites for hydroxylation is 2. The average Bonchev–Trinajstić information content (AvgIpc) is 3.22. The molecule has 0 N–H and O–H groups in total. The maximum Gasteiger partial charge on any atom is 0.344 e. The van der Waals surface area contributed by atoms with E-state index in [1.165, 1.54) is 5.56 Å². The van der Waals surface area contributed by atoms with Gasteiger partial charge in [-0.3, -0.25) is 0 Å². The second-order valence-corrected chi connectivity index (χ2v) is 7.67. The summed E-state index contributed by atoms with van der Waals surface area (Å²) in [6.07, 6.45) is 3.31. The molecule has 4 rings (SSSR count). The van der Waals surface area contributed by atoms with Gasteiger partial charge in [-0.1, -0.05) is 67.9 Å². The number of hydrogen-bond acceptors (Lipinski definition) is 3. The molecule has 4 heteroatoms. The Morgan fingerprint density at radius 1 is 0.935 bits per heavy atom. The van der Waals surface area contributed by atoms with E-state index in [-0.39, 0.29) is 0 Å². The minimum Gasteiger partial charge on any atom is -0.404 e. The van der Waals surface area contributed by atoms with E-state index in [4.69, 9.17) is 9.84 Å². The number of ether oxygens (including phenoxy) is 1. The quantitative estimate of drug-likeness (QED) is 0.331. The first-order valence-electron chi connectivity index (χ1n) is 10.7. The summed E-state index contributed by atoms with van der Waals surface area (Å²) >= 11 is 0. The van der Waals surface area contributed by atoms with E-state index in [0.29, 0.717) is 11.4 Å². The monoisotopic (exact) mass is 410 g/mol. The van der Waals surface area contributed by atoms with Gasteiger partial charge in [0.05, 0.1) is 16.9 Å². The lowest BCUT2D eigenvalue weighted by atomic mass is 10.1. The Kier molecular flexibility index (Phi) is 6.27. The highest BCUT2D eigenvalue weighted by molar-refractivity contribution is 5.91. The fraction of sp³-hybridized carbons (Fsp3) is 0.185. The van der Waals surface area contributed by atoms with Gasteiger partial charge in [-0.05, 0) is 55.2 Å². The molecule has 3 aromatic carbocycles. The Hall–Kier alpha value is -3.66. The van der Waals surface area contributed by atoms with Crippen LogP contribution in [0.15, 0.2) is 84.9 Å². The van der Waals surface area contributed by atoms with Crippen LogP contribution in [0.1, 0.15) is 41.3 Å². The first-order valence-corrected chi connectivity index (χ1v) is 10.7. The minimum absolute atomic E-state index is 0.393. The van der Waals surface area contributed by atoms with Crippen LogP contribution in [0.25, 0.3) is 16.9 Å². The third-order valence-corrected chi connectivity index (χ3v) is 5.20. The summed E-state index contributed by atoms with van der Waals surface area (Å²) in [6.45, 7) is 4.20. The van der Waals surface area contributed by atoms with Crippen LogP contribution in [0, 0.1) is 6.92 Å². The molecule has 0 radical (unpaired) electrons. The first-order chi connectivity index (χ1) is 15.1. The van der Waals surface area contributed by atoms with Gasteiger partial charge < -0.3 is 4.74 Å². The molecule has 0 aliphatic heterocycles. The summed E-state index contributed by atoms with van der Waals surface area (Å²) in [7, 11) is 0. The van der Waals surface area contributed by atoms with Crippen molar-refractivity contribution in [3.63, 3.8) is 0 Å². The van der Waals surface area contributed by atoms with Crippen molar-refractivity contribution in [3.05, 3.63) is 102 Å². The van der Waals surface area contributed by atoms with Crippen LogP contribution in [0.2, 0.25) is 0 Å². The zero-order chi connectivity index (χ0) is 21.6. The van der Waals surface area contributed by atoms with E-state index in [1.807, 2.05) is 91.9 Å². The fourth-order valence-corrected chi connectivity index (χ4v) is 3.47. The fourth-order valence-electron chi connectivity index (χ4n) is 3.47. The summed E-state index contributed by atoms with van der Waals surface area (Å²) < 4.78 is 7.49. The van der Waals surface area contributed by atoms with Crippen molar-refractivity contribution in [2.45, 2.75) is 33.1 Å². The van der Waals surface area contributed by atoms with Crippen molar-refractivity contribution in [1.29, 1.82) is 0 Å². The van der Waals surface area contributed by atoms with Gasteiger partial charge in [0.25, 0.3) is 0 Å². The number of unbranched alkanes of at least 4 members (excludes halogenated alkanes) is 1. The lowest BCUT2D eigenvalue weighted by molar-refractivity contribution is 0.0723. The van der Waals surface area contributed by atoms with Gasteiger partial charge in [0.1, 0.15) is 0 Å². The van der Waals surface area contributed by atoms with Crippen LogP contribution in [0.5, 0.6) is 5.88 Å². The van der Waals surface area contributed by atoms with Crippen LogP contribution in [-0.2, 0) is 6.42 Å². The van der Waals surface area contributed by atoms with Gasteiger partial charge in [0, 0.05) is 11.6 Å². The molecule has 156 valence electrons. The Labute approximate surface area is 183 Å². The second-order valence-electron chi connectivity index (χ2n) is 7.67. The molecule has 0 aliphatic rings. The molecule has 0 bridgehead atoms. The van der Waals surface area contributed by atoms with Gasteiger partial charge in [0.2, 0.25) is 5.88 Å². The summed E-state index contributed by atoms with van der Waals surface area (Å²) in [5.74, 6) is -0.0000289. The Bertz CT molecular complexity index is 1160. The highest BCUT2D eigenvalue weighted by Crippen LogP contribution is 2.27. The van der Waals surface area contributed by atoms with Crippen LogP contribution < -0.4 is 4.74 Å². The molecule has 0 atom stereocenters. The molecule has 4 aromatic rings. The molecule has 0 unspecified atom stereocenters. The molecular weight excluding hydrogens is 384 g/mol. The topological polar surface area (TPSA) is 44.1 Å². The first kappa shape index (κ1) is 20.6. The summed E-state index contributed by atoms with van der Waals surface area (Å²) in [5, 5.41) is 4.73. The van der Waals surface area contributed by atoms with Crippen molar-refractivity contribution < 1.29 is 9.53 Å².